The number of nitrogens with zero attached hydrogens (tertiary/aromatic N) is 4. The standard InChI is InChI=1S/C15H23N3O.C10H12N2O/c1-16(2)15(19)14(13-7-5-4-6-8-13)18-11-9-17(3)10-12-18;1-8-5-3-4-6-9(8)10(11)12(2)7-13/h4-8,14H,9-12H2,1-3H3;3-7,11H,1-2H3. The molecule has 2 amide bonds. The summed E-state index contributed by atoms with van der Waals surface area (Å²) >= 11 is 0. The molecule has 1 aliphatic rings. The summed E-state index contributed by atoms with van der Waals surface area (Å²) in [5.41, 5.74) is 2.88. The lowest BCUT2D eigenvalue weighted by atomic mass is 10.0. The van der Waals surface area contributed by atoms with Crippen LogP contribution in [0, 0.1) is 12.3 Å². The molecule has 7 heteroatoms. The lowest BCUT2D eigenvalue weighted by Gasteiger charge is -2.38. The number of likely N-dealkylation sites (N-methyl/N-ethyl adjacent to an activating group) is 2. The second kappa shape index (κ2) is 12.1. The molecule has 0 spiro atoms. The Morgan fingerprint density at radius 1 is 0.969 bits per heavy atom. The van der Waals surface area contributed by atoms with E-state index in [-0.39, 0.29) is 17.8 Å². The number of amides is 2. The van der Waals surface area contributed by atoms with Gasteiger partial charge in [0.15, 0.2) is 0 Å². The Labute approximate surface area is 191 Å². The molecule has 7 nitrogen and oxygen atoms in total. The molecule has 32 heavy (non-hydrogen) atoms. The number of amidine groups is 1. The van der Waals surface area contributed by atoms with Crippen molar-refractivity contribution in [3.8, 4) is 0 Å². The van der Waals surface area contributed by atoms with Gasteiger partial charge in [0.25, 0.3) is 0 Å². The summed E-state index contributed by atoms with van der Waals surface area (Å²) < 4.78 is 0. The molecule has 172 valence electrons. The molecule has 0 saturated carbocycles. The Kier molecular flexibility index (Phi) is 9.56. The molecule has 0 aromatic heterocycles. The van der Waals surface area contributed by atoms with E-state index in [0.29, 0.717) is 6.41 Å². The van der Waals surface area contributed by atoms with Crippen LogP contribution in [0.25, 0.3) is 0 Å². The topological polar surface area (TPSA) is 71.0 Å². The van der Waals surface area contributed by atoms with Gasteiger partial charge in [-0.2, -0.15) is 0 Å². The second-order valence-electron chi connectivity index (χ2n) is 8.26. The van der Waals surface area contributed by atoms with Gasteiger partial charge in [0.2, 0.25) is 12.3 Å². The highest BCUT2D eigenvalue weighted by atomic mass is 16.2. The maximum atomic E-state index is 12.5. The van der Waals surface area contributed by atoms with Gasteiger partial charge in [0.05, 0.1) is 0 Å². The molecule has 2 aromatic carbocycles. The third-order valence-electron chi connectivity index (χ3n) is 5.60. The fraction of sp³-hybridized carbons (Fsp3) is 0.400. The van der Waals surface area contributed by atoms with Crippen LogP contribution in [0.3, 0.4) is 0 Å². The van der Waals surface area contributed by atoms with Crippen LogP contribution in [-0.2, 0) is 9.59 Å². The molecule has 1 saturated heterocycles. The van der Waals surface area contributed by atoms with Crippen molar-refractivity contribution in [2.45, 2.75) is 13.0 Å². The van der Waals surface area contributed by atoms with Crippen LogP contribution < -0.4 is 0 Å². The predicted molar refractivity (Wildman–Crippen MR) is 129 cm³/mol. The molecule has 0 radical (unpaired) electrons. The average Bonchev–Trinajstić information content (AvgIpc) is 2.81. The van der Waals surface area contributed by atoms with Gasteiger partial charge in [-0.25, -0.2) is 0 Å². The van der Waals surface area contributed by atoms with Gasteiger partial charge in [-0.15, -0.1) is 0 Å². The van der Waals surface area contributed by atoms with Crippen molar-refractivity contribution in [2.24, 2.45) is 0 Å². The van der Waals surface area contributed by atoms with Crippen LogP contribution in [0.4, 0.5) is 0 Å². The number of aryl methyl sites for hydroxylation is 1. The molecule has 0 bridgehead atoms. The zero-order chi connectivity index (χ0) is 23.7. The van der Waals surface area contributed by atoms with Gasteiger partial charge in [-0.1, -0.05) is 54.6 Å². The molecule has 1 unspecified atom stereocenters. The number of benzene rings is 2. The highest BCUT2D eigenvalue weighted by Gasteiger charge is 2.30. The minimum atomic E-state index is -0.148. The highest BCUT2D eigenvalue weighted by Crippen LogP contribution is 2.23. The summed E-state index contributed by atoms with van der Waals surface area (Å²) in [5.74, 6) is 0.392. The molecule has 1 heterocycles. The van der Waals surface area contributed by atoms with E-state index >= 15 is 0 Å². The van der Waals surface area contributed by atoms with E-state index < -0.39 is 0 Å². The molecule has 1 fully saturated rings. The van der Waals surface area contributed by atoms with E-state index in [2.05, 4.69) is 16.8 Å². The van der Waals surface area contributed by atoms with Gasteiger partial charge < -0.3 is 14.7 Å². The monoisotopic (exact) mass is 437 g/mol. The molecular formula is C25H35N5O2. The largest absolute Gasteiger partial charge is 0.347 e. The maximum Gasteiger partial charge on any atom is 0.244 e. The van der Waals surface area contributed by atoms with E-state index in [0.717, 1.165) is 42.9 Å². The number of carbonyl (C=O) groups excluding carboxylic acids is 2. The Morgan fingerprint density at radius 2 is 1.53 bits per heavy atom. The number of nitrogens with one attached hydrogen (secondary N) is 1. The molecule has 1 N–H and O–H groups in total. The summed E-state index contributed by atoms with van der Waals surface area (Å²) in [4.78, 5) is 30.4. The molecule has 1 aliphatic heterocycles. The van der Waals surface area contributed by atoms with E-state index in [1.54, 1.807) is 11.9 Å². The van der Waals surface area contributed by atoms with Crippen LogP contribution in [-0.4, -0.2) is 92.1 Å². The molecule has 2 aromatic rings. The van der Waals surface area contributed by atoms with Crippen LogP contribution in [0.5, 0.6) is 0 Å². The lowest BCUT2D eigenvalue weighted by molar-refractivity contribution is -0.135. The normalized spacial score (nSPS) is 15.2. The number of piperazine rings is 1. The first-order valence-corrected chi connectivity index (χ1v) is 10.8. The summed E-state index contributed by atoms with van der Waals surface area (Å²) in [5, 5.41) is 7.67. The first-order valence-electron chi connectivity index (χ1n) is 10.8. The van der Waals surface area contributed by atoms with Gasteiger partial charge in [0.1, 0.15) is 11.9 Å². The zero-order valence-electron chi connectivity index (χ0n) is 19.8. The Hall–Kier alpha value is -3.03. The van der Waals surface area contributed by atoms with Crippen LogP contribution in [0.1, 0.15) is 22.7 Å². The average molecular weight is 438 g/mol. The van der Waals surface area contributed by atoms with Crippen LogP contribution >= 0.6 is 0 Å². The van der Waals surface area contributed by atoms with Crippen molar-refractivity contribution >= 4 is 18.2 Å². The molecule has 1 atom stereocenters. The summed E-state index contributed by atoms with van der Waals surface area (Å²) in [7, 11) is 7.35. The first kappa shape index (κ1) is 25.2. The molecule has 3 rings (SSSR count). The van der Waals surface area contributed by atoms with Crippen molar-refractivity contribution in [2.75, 3.05) is 54.4 Å². The Bertz CT molecular complexity index is 892. The van der Waals surface area contributed by atoms with E-state index in [1.165, 1.54) is 4.90 Å². The summed E-state index contributed by atoms with van der Waals surface area (Å²) in [6.45, 7) is 5.84. The van der Waals surface area contributed by atoms with Crippen molar-refractivity contribution in [1.29, 1.82) is 5.41 Å². The van der Waals surface area contributed by atoms with Gasteiger partial charge in [0, 0.05) is 52.9 Å². The fourth-order valence-corrected chi connectivity index (χ4v) is 3.55. The number of hydrogen-bond donors (Lipinski definition) is 1. The quantitative estimate of drug-likeness (QED) is 0.443. The third-order valence-corrected chi connectivity index (χ3v) is 5.60. The van der Waals surface area contributed by atoms with E-state index in [9.17, 15) is 9.59 Å². The van der Waals surface area contributed by atoms with Crippen molar-refractivity contribution in [1.82, 2.24) is 19.6 Å². The second-order valence-corrected chi connectivity index (χ2v) is 8.26. The minimum absolute atomic E-state index is 0.148. The predicted octanol–water partition coefficient (Wildman–Crippen LogP) is 2.47. The smallest absolute Gasteiger partial charge is 0.244 e. The van der Waals surface area contributed by atoms with Gasteiger partial charge in [-0.05, 0) is 25.1 Å². The summed E-state index contributed by atoms with van der Waals surface area (Å²) in [6.07, 6.45) is 0.634. The first-order chi connectivity index (χ1) is 15.3. The van der Waals surface area contributed by atoms with Gasteiger partial charge >= 0.3 is 0 Å². The number of carbonyl (C=O) groups is 2. The van der Waals surface area contributed by atoms with Gasteiger partial charge in [-0.3, -0.25) is 19.9 Å². The maximum absolute atomic E-state index is 12.5. The minimum Gasteiger partial charge on any atom is -0.347 e. The number of hydrogen-bond acceptors (Lipinski definition) is 5. The fourth-order valence-electron chi connectivity index (χ4n) is 3.55. The van der Waals surface area contributed by atoms with Crippen LogP contribution in [0.15, 0.2) is 54.6 Å². The number of rotatable bonds is 5. The zero-order valence-corrected chi connectivity index (χ0v) is 19.8. The Balaban J connectivity index is 0.000000244. The molecule has 0 aliphatic carbocycles. The highest BCUT2D eigenvalue weighted by molar-refractivity contribution is 6.02. The Morgan fingerprint density at radius 3 is 2.06 bits per heavy atom. The van der Waals surface area contributed by atoms with E-state index in [1.807, 2.05) is 75.6 Å². The van der Waals surface area contributed by atoms with Crippen molar-refractivity contribution < 1.29 is 9.59 Å². The summed E-state index contributed by atoms with van der Waals surface area (Å²) in [6, 6.07) is 17.5. The van der Waals surface area contributed by atoms with Crippen LogP contribution in [0.2, 0.25) is 0 Å². The SMILES string of the molecule is CN1CCN(C(C(=O)N(C)C)c2ccccc2)CC1.Cc1ccccc1C(=N)N(C)C=O. The lowest BCUT2D eigenvalue weighted by Crippen LogP contribution is -2.49. The van der Waals surface area contributed by atoms with Crippen molar-refractivity contribution in [3.63, 3.8) is 0 Å². The third kappa shape index (κ3) is 6.73. The van der Waals surface area contributed by atoms with Crippen molar-refractivity contribution in [3.05, 3.63) is 71.3 Å². The van der Waals surface area contributed by atoms with E-state index in [4.69, 9.17) is 5.41 Å². The molecular weight excluding hydrogens is 402 g/mol.